The van der Waals surface area contributed by atoms with Crippen LogP contribution in [0.15, 0.2) is 182 Å². The lowest BCUT2D eigenvalue weighted by Crippen LogP contribution is -2.67. The number of carbonyl (C=O) groups excluding carboxylic acids is 2. The fourth-order valence-corrected chi connectivity index (χ4v) is 8.96. The number of esters is 1. The molecule has 0 aromatic heterocycles. The van der Waals surface area contributed by atoms with Crippen LogP contribution in [0.4, 0.5) is 0 Å². The lowest BCUT2D eigenvalue weighted by molar-refractivity contribution is -0.337. The average molecular weight is 1040 g/mol. The summed E-state index contributed by atoms with van der Waals surface area (Å²) in [5.74, 6) is -0.885. The standard InChI is InChI=1S/C62H71NO13/c1-62(2,3)61(65)74-42-51-54(68-36-45-25-13-6-14-26-45)56(70-38-47-29-17-8-18-30-47)53(63-52(64)43-67-35-44-23-11-5-12-24-44)59(75-51)73-41-50-55(69-37-46-27-15-7-16-28-46)57(71-39-48-31-19-9-20-32-48)58(60(66-4)76-50)72-40-49-33-21-10-22-34-49/h5-34,50-51,53-60H,35-43H2,1-4H3,(H,63,64)/t50-,51-,53-,54-,55-,56-,57+,58-,59-,60+/m1/s1. The smallest absolute Gasteiger partial charge is 0.311 e. The first kappa shape index (κ1) is 56.1. The number of nitrogens with one attached hydrogen (secondary N) is 1. The molecule has 14 nitrogen and oxygen atoms in total. The molecule has 1 N–H and O–H groups in total. The highest BCUT2D eigenvalue weighted by Crippen LogP contribution is 2.34. The van der Waals surface area contributed by atoms with Crippen LogP contribution in [0.2, 0.25) is 0 Å². The molecule has 2 aliphatic rings. The van der Waals surface area contributed by atoms with Crippen LogP contribution >= 0.6 is 0 Å². The molecule has 0 spiro atoms. The summed E-state index contributed by atoms with van der Waals surface area (Å²) in [4.78, 5) is 27.7. The zero-order valence-corrected chi connectivity index (χ0v) is 43.8. The van der Waals surface area contributed by atoms with Gasteiger partial charge in [0, 0.05) is 7.11 Å². The summed E-state index contributed by atoms with van der Waals surface area (Å²) < 4.78 is 72.9. The first-order chi connectivity index (χ1) is 37.1. The molecule has 6 aromatic carbocycles. The van der Waals surface area contributed by atoms with Gasteiger partial charge in [0.1, 0.15) is 62.0 Å². The van der Waals surface area contributed by atoms with Crippen molar-refractivity contribution >= 4 is 11.9 Å². The molecule has 14 heteroatoms. The second-order valence-electron chi connectivity index (χ2n) is 19.9. The third-order valence-corrected chi connectivity index (χ3v) is 13.0. The van der Waals surface area contributed by atoms with E-state index in [2.05, 4.69) is 5.32 Å². The van der Waals surface area contributed by atoms with Crippen molar-refractivity contribution in [3.8, 4) is 0 Å². The maximum atomic E-state index is 14.2. The number of benzene rings is 6. The van der Waals surface area contributed by atoms with Gasteiger partial charge in [0.2, 0.25) is 5.91 Å². The normalized spacial score (nSPS) is 23.6. The third kappa shape index (κ3) is 16.7. The van der Waals surface area contributed by atoms with Crippen molar-refractivity contribution in [1.82, 2.24) is 5.32 Å². The van der Waals surface area contributed by atoms with E-state index in [1.54, 1.807) is 27.9 Å². The van der Waals surface area contributed by atoms with Gasteiger partial charge in [-0.2, -0.15) is 0 Å². The molecule has 6 aromatic rings. The Balaban J connectivity index is 1.14. The Bertz CT molecular complexity index is 2590. The molecule has 1 amide bonds. The maximum Gasteiger partial charge on any atom is 0.311 e. The fourth-order valence-electron chi connectivity index (χ4n) is 8.96. The molecule has 76 heavy (non-hydrogen) atoms. The molecule has 0 bridgehead atoms. The van der Waals surface area contributed by atoms with Crippen molar-refractivity contribution in [2.75, 3.05) is 26.9 Å². The summed E-state index contributed by atoms with van der Waals surface area (Å²) in [5, 5.41) is 3.16. The summed E-state index contributed by atoms with van der Waals surface area (Å²) in [6.07, 6.45) is -8.19. The third-order valence-electron chi connectivity index (χ3n) is 13.0. The number of hydrogen-bond acceptors (Lipinski definition) is 13. The van der Waals surface area contributed by atoms with Gasteiger partial charge in [0.05, 0.1) is 51.7 Å². The molecule has 0 aliphatic carbocycles. The Morgan fingerprint density at radius 3 is 1.21 bits per heavy atom. The van der Waals surface area contributed by atoms with Gasteiger partial charge >= 0.3 is 5.97 Å². The van der Waals surface area contributed by atoms with Crippen LogP contribution in [-0.4, -0.2) is 100 Å². The summed E-state index contributed by atoms with van der Waals surface area (Å²) in [6.45, 7) is 5.88. The van der Waals surface area contributed by atoms with Crippen molar-refractivity contribution in [3.05, 3.63) is 215 Å². The minimum absolute atomic E-state index is 0.135. The van der Waals surface area contributed by atoms with E-state index in [4.69, 9.17) is 52.1 Å². The predicted octanol–water partition coefficient (Wildman–Crippen LogP) is 9.32. The second kappa shape index (κ2) is 28.8. The first-order valence-corrected chi connectivity index (χ1v) is 25.9. The molecule has 0 radical (unpaired) electrons. The molecule has 10 atom stereocenters. The number of carbonyl (C=O) groups is 2. The Morgan fingerprint density at radius 1 is 0.434 bits per heavy atom. The van der Waals surface area contributed by atoms with Crippen molar-refractivity contribution in [2.45, 2.75) is 122 Å². The Hall–Kier alpha value is -6.14. The average Bonchev–Trinajstić information content (AvgIpc) is 3.46. The van der Waals surface area contributed by atoms with Gasteiger partial charge in [-0.25, -0.2) is 0 Å². The van der Waals surface area contributed by atoms with Crippen LogP contribution in [0.3, 0.4) is 0 Å². The van der Waals surface area contributed by atoms with Gasteiger partial charge in [-0.3, -0.25) is 9.59 Å². The molecule has 2 aliphatic heterocycles. The van der Waals surface area contributed by atoms with Crippen LogP contribution in [0.5, 0.6) is 0 Å². The summed E-state index contributed by atoms with van der Waals surface area (Å²) >= 11 is 0. The molecule has 0 unspecified atom stereocenters. The second-order valence-corrected chi connectivity index (χ2v) is 19.9. The minimum Gasteiger partial charge on any atom is -0.462 e. The SMILES string of the molecule is CO[C@H]1O[C@H](CO[C@@H]2O[C@H](COC(=O)C(C)(C)C)[C@@H](OCc3ccccc3)[C@H](OCc3ccccc3)[C@H]2NC(=O)COCc2ccccc2)[C@@H](OCc2ccccc2)[C@H](OCc2ccccc2)[C@H]1OCc1ccccc1. The van der Waals surface area contributed by atoms with Gasteiger partial charge < -0.3 is 57.4 Å². The Morgan fingerprint density at radius 2 is 0.789 bits per heavy atom. The van der Waals surface area contributed by atoms with E-state index in [9.17, 15) is 9.59 Å². The Labute approximate surface area is 446 Å². The van der Waals surface area contributed by atoms with E-state index in [1.165, 1.54) is 0 Å². The molecular formula is C62H71NO13. The van der Waals surface area contributed by atoms with Gasteiger partial charge in [0.25, 0.3) is 0 Å². The lowest BCUT2D eigenvalue weighted by atomic mass is 9.95. The van der Waals surface area contributed by atoms with Gasteiger partial charge in [0.15, 0.2) is 12.6 Å². The monoisotopic (exact) mass is 1040 g/mol. The fraction of sp³-hybridized carbons (Fsp3) is 0.387. The van der Waals surface area contributed by atoms with Crippen LogP contribution in [0, 0.1) is 5.41 Å². The number of hydrogen-bond donors (Lipinski definition) is 1. The quantitative estimate of drug-likeness (QED) is 0.0515. The first-order valence-electron chi connectivity index (χ1n) is 25.9. The Kier molecular flexibility index (Phi) is 21.3. The molecule has 2 fully saturated rings. The van der Waals surface area contributed by atoms with Gasteiger partial charge in [-0.1, -0.05) is 182 Å². The van der Waals surface area contributed by atoms with Crippen molar-refractivity contribution in [3.63, 3.8) is 0 Å². The zero-order valence-electron chi connectivity index (χ0n) is 43.8. The van der Waals surface area contributed by atoms with E-state index in [0.717, 1.165) is 33.4 Å². The van der Waals surface area contributed by atoms with Crippen LogP contribution in [0.25, 0.3) is 0 Å². The topological polar surface area (TPSA) is 148 Å². The number of ether oxygens (including phenoxy) is 11. The number of rotatable bonds is 26. The van der Waals surface area contributed by atoms with Gasteiger partial charge in [-0.15, -0.1) is 0 Å². The molecule has 2 saturated heterocycles. The molecule has 0 saturated carbocycles. The van der Waals surface area contributed by atoms with Crippen molar-refractivity contribution in [1.29, 1.82) is 0 Å². The molecule has 2 heterocycles. The summed E-state index contributed by atoms with van der Waals surface area (Å²) in [6, 6.07) is 57.5. The van der Waals surface area contributed by atoms with E-state index in [0.29, 0.717) is 0 Å². The van der Waals surface area contributed by atoms with E-state index in [-0.39, 0.29) is 59.5 Å². The largest absolute Gasteiger partial charge is 0.462 e. The minimum atomic E-state index is -1.25. The predicted molar refractivity (Wildman–Crippen MR) is 284 cm³/mol. The zero-order chi connectivity index (χ0) is 53.0. The van der Waals surface area contributed by atoms with Crippen LogP contribution in [-0.2, 0) is 101 Å². The molecule has 402 valence electrons. The van der Waals surface area contributed by atoms with Crippen LogP contribution in [0.1, 0.15) is 54.2 Å². The molecular weight excluding hydrogens is 967 g/mol. The van der Waals surface area contributed by atoms with Crippen molar-refractivity contribution in [2.24, 2.45) is 5.41 Å². The number of amides is 1. The maximum absolute atomic E-state index is 14.2. The van der Waals surface area contributed by atoms with Crippen molar-refractivity contribution < 1.29 is 61.7 Å². The molecule has 8 rings (SSSR count). The number of methoxy groups -OCH3 is 1. The van der Waals surface area contributed by atoms with E-state index >= 15 is 0 Å². The van der Waals surface area contributed by atoms with E-state index < -0.39 is 78.6 Å². The van der Waals surface area contributed by atoms with Gasteiger partial charge in [-0.05, 0) is 54.2 Å². The highest BCUT2D eigenvalue weighted by atomic mass is 16.7. The van der Waals surface area contributed by atoms with E-state index in [1.807, 2.05) is 182 Å². The highest BCUT2D eigenvalue weighted by molar-refractivity contribution is 5.77. The summed E-state index contributed by atoms with van der Waals surface area (Å²) in [5.41, 5.74) is 4.69. The lowest BCUT2D eigenvalue weighted by Gasteiger charge is -2.48. The van der Waals surface area contributed by atoms with Crippen LogP contribution < -0.4 is 5.32 Å². The summed E-state index contributed by atoms with van der Waals surface area (Å²) in [7, 11) is 1.56. The highest BCUT2D eigenvalue weighted by Gasteiger charge is 2.52.